The molecule has 1 aliphatic rings. The SMILES string of the molecule is COc1cc(C=C2N=C(c3cc(OC)c(OC)c(OC)c3)OC2=O)ccc1O. The van der Waals surface area contributed by atoms with E-state index in [0.29, 0.717) is 28.4 Å². The Morgan fingerprint density at radius 2 is 1.57 bits per heavy atom. The van der Waals surface area contributed by atoms with Crippen LogP contribution in [0.25, 0.3) is 6.08 Å². The Hall–Kier alpha value is -3.68. The molecule has 0 fully saturated rings. The van der Waals surface area contributed by atoms with Gasteiger partial charge in [0.15, 0.2) is 28.7 Å². The first-order valence-corrected chi connectivity index (χ1v) is 8.20. The number of ether oxygens (including phenoxy) is 5. The number of rotatable bonds is 6. The van der Waals surface area contributed by atoms with Crippen LogP contribution in [0.5, 0.6) is 28.7 Å². The monoisotopic (exact) mass is 385 g/mol. The largest absolute Gasteiger partial charge is 0.504 e. The second-order valence-corrected chi connectivity index (χ2v) is 5.68. The molecule has 28 heavy (non-hydrogen) atoms. The molecule has 2 aromatic carbocycles. The van der Waals surface area contributed by atoms with Crippen molar-refractivity contribution in [1.29, 1.82) is 0 Å². The van der Waals surface area contributed by atoms with Crippen LogP contribution >= 0.6 is 0 Å². The minimum absolute atomic E-state index is 0.000242. The molecule has 1 heterocycles. The maximum absolute atomic E-state index is 12.2. The molecule has 146 valence electrons. The molecular formula is C20H19NO7. The Balaban J connectivity index is 2.00. The van der Waals surface area contributed by atoms with Crippen molar-refractivity contribution in [3.8, 4) is 28.7 Å². The number of phenolic OH excluding ortho intramolecular Hbond substituents is 1. The highest BCUT2D eigenvalue weighted by molar-refractivity contribution is 6.13. The average molecular weight is 385 g/mol. The van der Waals surface area contributed by atoms with Gasteiger partial charge in [-0.05, 0) is 35.9 Å². The molecule has 1 N–H and O–H groups in total. The van der Waals surface area contributed by atoms with Gasteiger partial charge >= 0.3 is 5.97 Å². The number of methoxy groups -OCH3 is 4. The molecule has 0 spiro atoms. The lowest BCUT2D eigenvalue weighted by Gasteiger charge is -2.13. The van der Waals surface area contributed by atoms with Crippen molar-refractivity contribution in [2.45, 2.75) is 0 Å². The third-order valence-electron chi connectivity index (χ3n) is 4.04. The first kappa shape index (κ1) is 19.1. The lowest BCUT2D eigenvalue weighted by molar-refractivity contribution is -0.129. The maximum atomic E-state index is 12.2. The normalized spacial score (nSPS) is 14.5. The van der Waals surface area contributed by atoms with E-state index in [0.717, 1.165) is 0 Å². The number of phenols is 1. The van der Waals surface area contributed by atoms with Crippen molar-refractivity contribution >= 4 is 17.9 Å². The summed E-state index contributed by atoms with van der Waals surface area (Å²) in [5, 5.41) is 9.68. The lowest BCUT2D eigenvalue weighted by atomic mass is 10.1. The van der Waals surface area contributed by atoms with E-state index in [1.165, 1.54) is 40.6 Å². The second kappa shape index (κ2) is 7.91. The number of benzene rings is 2. The fraction of sp³-hybridized carbons (Fsp3) is 0.200. The number of nitrogens with zero attached hydrogens (tertiary/aromatic N) is 1. The van der Waals surface area contributed by atoms with Crippen LogP contribution in [0, 0.1) is 0 Å². The zero-order valence-electron chi connectivity index (χ0n) is 15.8. The average Bonchev–Trinajstić information content (AvgIpc) is 3.08. The Kier molecular flexibility index (Phi) is 5.39. The minimum Gasteiger partial charge on any atom is -0.504 e. The van der Waals surface area contributed by atoms with E-state index in [1.807, 2.05) is 0 Å². The van der Waals surface area contributed by atoms with Gasteiger partial charge in [0.1, 0.15) is 0 Å². The number of carbonyl (C=O) groups is 1. The number of cyclic esters (lactones) is 1. The van der Waals surface area contributed by atoms with Gasteiger partial charge in [-0.15, -0.1) is 0 Å². The molecule has 0 amide bonds. The summed E-state index contributed by atoms with van der Waals surface area (Å²) < 4.78 is 26.3. The van der Waals surface area contributed by atoms with Crippen molar-refractivity contribution < 1.29 is 33.6 Å². The Labute approximate surface area is 161 Å². The highest BCUT2D eigenvalue weighted by Crippen LogP contribution is 2.39. The highest BCUT2D eigenvalue weighted by Gasteiger charge is 2.26. The predicted molar refractivity (Wildman–Crippen MR) is 101 cm³/mol. The molecule has 1 aliphatic heterocycles. The van der Waals surface area contributed by atoms with Crippen LogP contribution in [0.4, 0.5) is 0 Å². The van der Waals surface area contributed by atoms with Gasteiger partial charge in [0.05, 0.1) is 28.4 Å². The standard InChI is InChI=1S/C20H19NO7/c1-24-15-8-11(5-6-14(15)22)7-13-20(23)28-19(21-13)12-9-16(25-2)18(27-4)17(10-12)26-3/h5-10,22H,1-4H3. The van der Waals surface area contributed by atoms with Crippen LogP contribution in [0.3, 0.4) is 0 Å². The highest BCUT2D eigenvalue weighted by atomic mass is 16.6. The number of hydrogen-bond donors (Lipinski definition) is 1. The van der Waals surface area contributed by atoms with E-state index in [-0.39, 0.29) is 23.1 Å². The summed E-state index contributed by atoms with van der Waals surface area (Å²) in [6, 6.07) is 7.96. The summed E-state index contributed by atoms with van der Waals surface area (Å²) in [6.45, 7) is 0. The van der Waals surface area contributed by atoms with E-state index < -0.39 is 5.97 Å². The summed E-state index contributed by atoms with van der Waals surface area (Å²) in [7, 11) is 5.93. The molecule has 0 radical (unpaired) electrons. The molecule has 0 atom stereocenters. The van der Waals surface area contributed by atoms with E-state index in [2.05, 4.69) is 4.99 Å². The van der Waals surface area contributed by atoms with E-state index >= 15 is 0 Å². The summed E-state index contributed by atoms with van der Waals surface area (Å²) in [4.78, 5) is 16.5. The fourth-order valence-corrected chi connectivity index (χ4v) is 2.68. The molecule has 0 saturated heterocycles. The van der Waals surface area contributed by atoms with Crippen LogP contribution in [0.15, 0.2) is 41.0 Å². The lowest BCUT2D eigenvalue weighted by Crippen LogP contribution is -2.06. The fourth-order valence-electron chi connectivity index (χ4n) is 2.68. The van der Waals surface area contributed by atoms with Crippen LogP contribution in [-0.4, -0.2) is 45.4 Å². The molecule has 3 rings (SSSR count). The molecule has 0 unspecified atom stereocenters. The van der Waals surface area contributed by atoms with Crippen molar-refractivity contribution in [2.75, 3.05) is 28.4 Å². The Morgan fingerprint density at radius 3 is 2.14 bits per heavy atom. The van der Waals surface area contributed by atoms with Gasteiger partial charge in [-0.25, -0.2) is 9.79 Å². The molecule has 2 aromatic rings. The van der Waals surface area contributed by atoms with E-state index in [1.54, 1.807) is 24.3 Å². The minimum atomic E-state index is -0.601. The quantitative estimate of drug-likeness (QED) is 0.603. The second-order valence-electron chi connectivity index (χ2n) is 5.68. The zero-order chi connectivity index (χ0) is 20.3. The van der Waals surface area contributed by atoms with E-state index in [9.17, 15) is 9.90 Å². The van der Waals surface area contributed by atoms with Crippen molar-refractivity contribution in [2.24, 2.45) is 4.99 Å². The summed E-state index contributed by atoms with van der Waals surface area (Å²) >= 11 is 0. The van der Waals surface area contributed by atoms with Gasteiger partial charge in [0, 0.05) is 5.56 Å². The van der Waals surface area contributed by atoms with Crippen LogP contribution in [0.1, 0.15) is 11.1 Å². The van der Waals surface area contributed by atoms with E-state index in [4.69, 9.17) is 23.7 Å². The van der Waals surface area contributed by atoms with Crippen molar-refractivity contribution in [3.05, 3.63) is 47.2 Å². The summed E-state index contributed by atoms with van der Waals surface area (Å²) in [6.07, 6.45) is 1.54. The molecule has 0 bridgehead atoms. The molecular weight excluding hydrogens is 366 g/mol. The third kappa shape index (κ3) is 3.57. The smallest absolute Gasteiger partial charge is 0.363 e. The molecule has 0 aromatic heterocycles. The molecule has 8 nitrogen and oxygen atoms in total. The van der Waals surface area contributed by atoms with Gasteiger partial charge in [-0.1, -0.05) is 6.07 Å². The van der Waals surface area contributed by atoms with Crippen LogP contribution in [0.2, 0.25) is 0 Å². The molecule has 8 heteroatoms. The molecule has 0 saturated carbocycles. The maximum Gasteiger partial charge on any atom is 0.363 e. The van der Waals surface area contributed by atoms with Crippen molar-refractivity contribution in [3.63, 3.8) is 0 Å². The van der Waals surface area contributed by atoms with Crippen molar-refractivity contribution in [1.82, 2.24) is 0 Å². The Bertz CT molecular complexity index is 954. The van der Waals surface area contributed by atoms with Crippen LogP contribution < -0.4 is 18.9 Å². The molecule has 0 aliphatic carbocycles. The van der Waals surface area contributed by atoms with Gasteiger partial charge in [-0.3, -0.25) is 0 Å². The number of hydrogen-bond acceptors (Lipinski definition) is 8. The zero-order valence-corrected chi connectivity index (χ0v) is 15.8. The number of carbonyl (C=O) groups excluding carboxylic acids is 1. The summed E-state index contributed by atoms with van der Waals surface area (Å²) in [5.74, 6) is 1.05. The van der Waals surface area contributed by atoms with Gasteiger partial charge < -0.3 is 28.8 Å². The topological polar surface area (TPSA) is 95.8 Å². The van der Waals surface area contributed by atoms with Gasteiger partial charge in [0.2, 0.25) is 11.6 Å². The number of aliphatic imine (C=N–C) groups is 1. The van der Waals surface area contributed by atoms with Crippen LogP contribution in [-0.2, 0) is 9.53 Å². The first-order valence-electron chi connectivity index (χ1n) is 8.20. The van der Waals surface area contributed by atoms with Gasteiger partial charge in [-0.2, -0.15) is 0 Å². The number of aromatic hydroxyl groups is 1. The predicted octanol–water partition coefficient (Wildman–Crippen LogP) is 2.77. The first-order chi connectivity index (χ1) is 13.5. The summed E-state index contributed by atoms with van der Waals surface area (Å²) in [5.41, 5.74) is 1.22. The van der Waals surface area contributed by atoms with Gasteiger partial charge in [0.25, 0.3) is 0 Å². The Morgan fingerprint density at radius 1 is 0.929 bits per heavy atom. The third-order valence-corrected chi connectivity index (χ3v) is 4.04. The number of esters is 1.